The summed E-state index contributed by atoms with van der Waals surface area (Å²) >= 11 is 5.87. The van der Waals surface area contributed by atoms with E-state index in [0.29, 0.717) is 11.2 Å². The topological polar surface area (TPSA) is 59.0 Å². The molecule has 2 aromatic carbocycles. The molecule has 0 bridgehead atoms. The zero-order valence-corrected chi connectivity index (χ0v) is 15.5. The fraction of sp³-hybridized carbons (Fsp3) is 0.222. The summed E-state index contributed by atoms with van der Waals surface area (Å²) in [6.45, 7) is 3.20. The van der Waals surface area contributed by atoms with Crippen LogP contribution in [0.2, 0.25) is 5.02 Å². The fourth-order valence-electron chi connectivity index (χ4n) is 2.75. The quantitative estimate of drug-likeness (QED) is 0.600. The number of benzene rings is 2. The molecule has 0 aliphatic carbocycles. The monoisotopic (exact) mass is 396 g/mol. The Morgan fingerprint density at radius 3 is 2.44 bits per heavy atom. The van der Waals surface area contributed by atoms with Crippen molar-refractivity contribution in [1.29, 1.82) is 0 Å². The molecule has 5 nitrogen and oxygen atoms in total. The molecule has 0 aliphatic heterocycles. The Morgan fingerprint density at radius 2 is 1.78 bits per heavy atom. The van der Waals surface area contributed by atoms with Gasteiger partial charge in [0.05, 0.1) is 11.1 Å². The van der Waals surface area contributed by atoms with Crippen molar-refractivity contribution in [2.75, 3.05) is 10.6 Å². The molecule has 0 saturated carbocycles. The lowest BCUT2D eigenvalue weighted by atomic mass is 10.1. The lowest BCUT2D eigenvalue weighted by Gasteiger charge is -2.14. The van der Waals surface area contributed by atoms with Gasteiger partial charge in [-0.25, -0.2) is 4.79 Å². The summed E-state index contributed by atoms with van der Waals surface area (Å²) in [6.07, 6.45) is -4.57. The van der Waals surface area contributed by atoms with Crippen molar-refractivity contribution < 1.29 is 18.0 Å². The summed E-state index contributed by atoms with van der Waals surface area (Å²) in [5.74, 6) is 0. The average Bonchev–Trinajstić information content (AvgIpc) is 2.83. The van der Waals surface area contributed by atoms with Gasteiger partial charge >= 0.3 is 12.2 Å². The number of hydrogen-bond acceptors (Lipinski definition) is 2. The molecule has 3 aromatic rings. The molecule has 0 unspecified atom stereocenters. The van der Waals surface area contributed by atoms with Crippen molar-refractivity contribution in [3.05, 3.63) is 52.2 Å². The molecular formula is C18H16ClF3N4O. The van der Waals surface area contributed by atoms with E-state index in [1.54, 1.807) is 16.8 Å². The van der Waals surface area contributed by atoms with Crippen LogP contribution in [0.25, 0.3) is 10.9 Å². The van der Waals surface area contributed by atoms with Gasteiger partial charge in [0, 0.05) is 34.5 Å². The van der Waals surface area contributed by atoms with Crippen LogP contribution in [0.1, 0.15) is 16.8 Å². The number of rotatable bonds is 2. The Morgan fingerprint density at radius 1 is 1.11 bits per heavy atom. The van der Waals surface area contributed by atoms with Crippen LogP contribution < -0.4 is 10.6 Å². The molecule has 0 atom stereocenters. The van der Waals surface area contributed by atoms with E-state index in [9.17, 15) is 18.0 Å². The number of fused-ring (bicyclic) bond motifs is 1. The first kappa shape index (κ1) is 19.0. The predicted octanol–water partition coefficient (Wildman–Crippen LogP) is 5.51. The van der Waals surface area contributed by atoms with Crippen LogP contribution in [0.5, 0.6) is 0 Å². The van der Waals surface area contributed by atoms with E-state index in [4.69, 9.17) is 11.6 Å². The van der Waals surface area contributed by atoms with Crippen molar-refractivity contribution in [2.45, 2.75) is 20.0 Å². The number of nitrogens with zero attached hydrogens (tertiary/aromatic N) is 2. The minimum Gasteiger partial charge on any atom is -0.308 e. The summed E-state index contributed by atoms with van der Waals surface area (Å²) < 4.78 is 41.0. The highest BCUT2D eigenvalue weighted by Gasteiger charge is 2.33. The molecule has 27 heavy (non-hydrogen) atoms. The van der Waals surface area contributed by atoms with E-state index >= 15 is 0 Å². The Kier molecular flexibility index (Phi) is 4.77. The van der Waals surface area contributed by atoms with Crippen LogP contribution in [-0.2, 0) is 13.2 Å². The number of carbonyl (C=O) groups is 1. The van der Waals surface area contributed by atoms with E-state index < -0.39 is 17.8 Å². The standard InChI is InChI=1S/C18H16ClF3N4O/c1-9-14(18(20,21)22)6-12(7-15(9)19)24-17(27)23-11-4-5-13-10(2)26(3)25-16(13)8-11/h4-8H,1-3H3,(H2,23,24,27). The van der Waals surface area contributed by atoms with E-state index in [-0.39, 0.29) is 16.3 Å². The molecule has 3 rings (SSSR count). The molecule has 2 N–H and O–H groups in total. The molecule has 1 aromatic heterocycles. The number of hydrogen-bond donors (Lipinski definition) is 2. The van der Waals surface area contributed by atoms with Gasteiger partial charge in [-0.2, -0.15) is 18.3 Å². The van der Waals surface area contributed by atoms with Gasteiger partial charge in [0.25, 0.3) is 0 Å². The first-order chi connectivity index (χ1) is 12.6. The summed E-state index contributed by atoms with van der Waals surface area (Å²) in [7, 11) is 1.81. The molecule has 2 amide bonds. The van der Waals surface area contributed by atoms with Crippen LogP contribution in [0.4, 0.5) is 29.3 Å². The smallest absolute Gasteiger partial charge is 0.308 e. The minimum atomic E-state index is -4.57. The second-order valence-electron chi connectivity index (χ2n) is 6.15. The highest BCUT2D eigenvalue weighted by Crippen LogP contribution is 2.36. The maximum absolute atomic E-state index is 13.1. The van der Waals surface area contributed by atoms with E-state index in [1.165, 1.54) is 13.0 Å². The summed E-state index contributed by atoms with van der Waals surface area (Å²) in [5, 5.41) is 10.2. The normalized spacial score (nSPS) is 11.7. The number of amides is 2. The van der Waals surface area contributed by atoms with Gasteiger partial charge in [0.15, 0.2) is 0 Å². The summed E-state index contributed by atoms with van der Waals surface area (Å²) in [4.78, 5) is 12.2. The number of alkyl halides is 3. The zero-order chi connectivity index (χ0) is 19.9. The predicted molar refractivity (Wildman–Crippen MR) is 99.3 cm³/mol. The summed E-state index contributed by atoms with van der Waals surface area (Å²) in [6, 6.07) is 6.64. The lowest BCUT2D eigenvalue weighted by molar-refractivity contribution is -0.138. The number of carbonyl (C=O) groups excluding carboxylic acids is 1. The second-order valence-corrected chi connectivity index (χ2v) is 6.56. The molecule has 0 fully saturated rings. The van der Waals surface area contributed by atoms with Gasteiger partial charge in [0.2, 0.25) is 0 Å². The van der Waals surface area contributed by atoms with Crippen molar-refractivity contribution in [3.8, 4) is 0 Å². The largest absolute Gasteiger partial charge is 0.416 e. The van der Waals surface area contributed by atoms with Gasteiger partial charge in [0.1, 0.15) is 0 Å². The maximum Gasteiger partial charge on any atom is 0.416 e. The van der Waals surface area contributed by atoms with Gasteiger partial charge in [-0.15, -0.1) is 0 Å². The number of anilines is 2. The third-order valence-electron chi connectivity index (χ3n) is 4.30. The Bertz CT molecular complexity index is 1040. The first-order valence-electron chi connectivity index (χ1n) is 7.95. The Hall–Kier alpha value is -2.74. The van der Waals surface area contributed by atoms with Crippen molar-refractivity contribution >= 4 is 39.9 Å². The molecule has 1 heterocycles. The van der Waals surface area contributed by atoms with Crippen LogP contribution in [0.3, 0.4) is 0 Å². The average molecular weight is 397 g/mol. The number of urea groups is 1. The number of aromatic nitrogens is 2. The third-order valence-corrected chi connectivity index (χ3v) is 4.69. The fourth-order valence-corrected chi connectivity index (χ4v) is 2.97. The van der Waals surface area contributed by atoms with Crippen molar-refractivity contribution in [2.24, 2.45) is 7.05 Å². The molecule has 0 aliphatic rings. The molecule has 0 saturated heterocycles. The van der Waals surface area contributed by atoms with E-state index in [0.717, 1.165) is 17.1 Å². The molecular weight excluding hydrogens is 381 g/mol. The van der Waals surface area contributed by atoms with Crippen molar-refractivity contribution in [1.82, 2.24) is 9.78 Å². The SMILES string of the molecule is Cc1c(Cl)cc(NC(=O)Nc2ccc3c(C)n(C)nc3c2)cc1C(F)(F)F. The van der Waals surface area contributed by atoms with E-state index in [2.05, 4.69) is 15.7 Å². The highest BCUT2D eigenvalue weighted by molar-refractivity contribution is 6.31. The zero-order valence-electron chi connectivity index (χ0n) is 14.7. The van der Waals surface area contributed by atoms with Crippen LogP contribution in [-0.4, -0.2) is 15.8 Å². The molecule has 0 spiro atoms. The number of halogens is 4. The van der Waals surface area contributed by atoms with Gasteiger partial charge in [-0.05, 0) is 49.7 Å². The first-order valence-corrected chi connectivity index (χ1v) is 8.33. The van der Waals surface area contributed by atoms with Gasteiger partial charge < -0.3 is 10.6 Å². The minimum absolute atomic E-state index is 0.0508. The number of nitrogens with one attached hydrogen (secondary N) is 2. The molecule has 0 radical (unpaired) electrons. The van der Waals surface area contributed by atoms with E-state index in [1.807, 2.05) is 20.0 Å². The second kappa shape index (κ2) is 6.77. The van der Waals surface area contributed by atoms with Crippen LogP contribution in [0, 0.1) is 13.8 Å². The molecule has 142 valence electrons. The number of aryl methyl sites for hydroxylation is 2. The lowest BCUT2D eigenvalue weighted by Crippen LogP contribution is -2.20. The highest BCUT2D eigenvalue weighted by atomic mass is 35.5. The van der Waals surface area contributed by atoms with Crippen LogP contribution in [0.15, 0.2) is 30.3 Å². The van der Waals surface area contributed by atoms with Crippen LogP contribution >= 0.6 is 11.6 Å². The van der Waals surface area contributed by atoms with Crippen molar-refractivity contribution in [3.63, 3.8) is 0 Å². The molecule has 9 heteroatoms. The third kappa shape index (κ3) is 3.85. The van der Waals surface area contributed by atoms with Gasteiger partial charge in [-0.3, -0.25) is 4.68 Å². The Labute approximate surface area is 158 Å². The Balaban J connectivity index is 1.81. The summed E-state index contributed by atoms with van der Waals surface area (Å²) in [5.41, 5.74) is 1.11. The van der Waals surface area contributed by atoms with Gasteiger partial charge in [-0.1, -0.05) is 11.6 Å². The maximum atomic E-state index is 13.1.